The van der Waals surface area contributed by atoms with E-state index < -0.39 is 0 Å². The molecule has 1 saturated heterocycles. The number of morpholine rings is 1. The van der Waals surface area contributed by atoms with Crippen LogP contribution in [0, 0.1) is 5.92 Å². The van der Waals surface area contributed by atoms with Crippen molar-refractivity contribution in [1.82, 2.24) is 15.6 Å². The molecule has 1 aromatic heterocycles. The van der Waals surface area contributed by atoms with E-state index in [-0.39, 0.29) is 12.2 Å². The zero-order valence-corrected chi connectivity index (χ0v) is 18.2. The Morgan fingerprint density at radius 3 is 2.69 bits per heavy atom. The first-order valence-electron chi connectivity index (χ1n) is 11.1. The first-order chi connectivity index (χ1) is 14.1. The maximum absolute atomic E-state index is 5.81. The van der Waals surface area contributed by atoms with Crippen LogP contribution in [0.4, 0.5) is 5.82 Å². The summed E-state index contributed by atoms with van der Waals surface area (Å²) in [6, 6.07) is 4.21. The minimum atomic E-state index is 0.234. The van der Waals surface area contributed by atoms with Crippen LogP contribution < -0.4 is 15.5 Å². The molecule has 0 bridgehead atoms. The molecule has 0 spiro atoms. The van der Waals surface area contributed by atoms with Crippen molar-refractivity contribution in [2.45, 2.75) is 58.8 Å². The van der Waals surface area contributed by atoms with Crippen LogP contribution >= 0.6 is 0 Å². The van der Waals surface area contributed by atoms with Gasteiger partial charge in [0.25, 0.3) is 0 Å². The van der Waals surface area contributed by atoms with Gasteiger partial charge >= 0.3 is 0 Å². The average molecular weight is 404 g/mol. The van der Waals surface area contributed by atoms with Crippen LogP contribution in [0.1, 0.15) is 45.6 Å². The molecular weight excluding hydrogens is 366 g/mol. The molecule has 3 rings (SSSR count). The van der Waals surface area contributed by atoms with Crippen LogP contribution in [0.25, 0.3) is 0 Å². The SMILES string of the molecule is CCNC(=NCc1ccc(N2CC(C)OC(C)C2)nc1)NCCCOCC1CC1. The molecule has 1 saturated carbocycles. The lowest BCUT2D eigenvalue weighted by molar-refractivity contribution is -0.00545. The highest BCUT2D eigenvalue weighted by atomic mass is 16.5. The van der Waals surface area contributed by atoms with Gasteiger partial charge in [0.2, 0.25) is 0 Å². The van der Waals surface area contributed by atoms with Gasteiger partial charge in [-0.05, 0) is 57.6 Å². The van der Waals surface area contributed by atoms with Crippen molar-refractivity contribution in [2.75, 3.05) is 44.3 Å². The summed E-state index contributed by atoms with van der Waals surface area (Å²) in [5.41, 5.74) is 1.10. The lowest BCUT2D eigenvalue weighted by Gasteiger charge is -2.36. The summed E-state index contributed by atoms with van der Waals surface area (Å²) >= 11 is 0. The van der Waals surface area contributed by atoms with E-state index in [0.717, 1.165) is 69.1 Å². The molecule has 2 unspecified atom stereocenters. The minimum absolute atomic E-state index is 0.234. The Morgan fingerprint density at radius 2 is 2.03 bits per heavy atom. The number of ether oxygens (including phenoxy) is 2. The van der Waals surface area contributed by atoms with Crippen LogP contribution in [0.2, 0.25) is 0 Å². The topological polar surface area (TPSA) is 71.0 Å². The van der Waals surface area contributed by atoms with E-state index in [1.807, 2.05) is 6.20 Å². The van der Waals surface area contributed by atoms with Gasteiger partial charge in [0, 0.05) is 45.6 Å². The lowest BCUT2D eigenvalue weighted by atomic mass is 10.2. The number of rotatable bonds is 10. The van der Waals surface area contributed by atoms with Crippen molar-refractivity contribution in [3.05, 3.63) is 23.9 Å². The largest absolute Gasteiger partial charge is 0.381 e. The molecule has 0 aromatic carbocycles. The maximum Gasteiger partial charge on any atom is 0.191 e. The summed E-state index contributed by atoms with van der Waals surface area (Å²) in [7, 11) is 0. The number of hydrogen-bond acceptors (Lipinski definition) is 5. The molecule has 2 aliphatic rings. The van der Waals surface area contributed by atoms with Crippen molar-refractivity contribution in [3.8, 4) is 0 Å². The Kier molecular flexibility index (Phi) is 8.55. The minimum Gasteiger partial charge on any atom is -0.381 e. The number of nitrogens with one attached hydrogen (secondary N) is 2. The fourth-order valence-electron chi connectivity index (χ4n) is 3.49. The Balaban J connectivity index is 1.43. The van der Waals surface area contributed by atoms with Gasteiger partial charge in [0.05, 0.1) is 18.8 Å². The monoisotopic (exact) mass is 403 g/mol. The van der Waals surface area contributed by atoms with Crippen LogP contribution in [0.3, 0.4) is 0 Å². The normalized spacial score (nSPS) is 22.6. The molecule has 2 atom stereocenters. The Bertz CT molecular complexity index is 623. The molecule has 162 valence electrons. The summed E-state index contributed by atoms with van der Waals surface area (Å²) < 4.78 is 11.5. The highest BCUT2D eigenvalue weighted by Crippen LogP contribution is 2.28. The van der Waals surface area contributed by atoms with E-state index in [9.17, 15) is 0 Å². The van der Waals surface area contributed by atoms with Gasteiger partial charge < -0.3 is 25.0 Å². The molecular formula is C22H37N5O2. The van der Waals surface area contributed by atoms with Crippen molar-refractivity contribution in [2.24, 2.45) is 10.9 Å². The summed E-state index contributed by atoms with van der Waals surface area (Å²) in [6.45, 7) is 12.1. The van der Waals surface area contributed by atoms with Crippen molar-refractivity contribution < 1.29 is 9.47 Å². The molecule has 0 amide bonds. The molecule has 1 aliphatic heterocycles. The fourth-order valence-corrected chi connectivity index (χ4v) is 3.49. The number of nitrogens with zero attached hydrogens (tertiary/aromatic N) is 3. The van der Waals surface area contributed by atoms with Gasteiger partial charge in [0.15, 0.2) is 5.96 Å². The summed E-state index contributed by atoms with van der Waals surface area (Å²) in [5, 5.41) is 6.68. The predicted molar refractivity (Wildman–Crippen MR) is 117 cm³/mol. The molecule has 2 heterocycles. The van der Waals surface area contributed by atoms with Gasteiger partial charge in [-0.25, -0.2) is 9.98 Å². The van der Waals surface area contributed by atoms with Gasteiger partial charge in [0.1, 0.15) is 5.82 Å². The Hall–Kier alpha value is -1.86. The standard InChI is InChI=1S/C22H37N5O2/c1-4-23-22(24-10-5-11-28-16-19-6-7-19)26-13-20-8-9-21(25-12-20)27-14-17(2)29-18(3)15-27/h8-9,12,17-19H,4-7,10-11,13-16H2,1-3H3,(H2,23,24,26). The number of guanidine groups is 1. The first kappa shape index (κ1) is 21.8. The van der Waals surface area contributed by atoms with E-state index in [4.69, 9.17) is 9.47 Å². The van der Waals surface area contributed by atoms with E-state index in [1.165, 1.54) is 12.8 Å². The maximum atomic E-state index is 5.81. The zero-order valence-electron chi connectivity index (χ0n) is 18.2. The van der Waals surface area contributed by atoms with E-state index in [0.29, 0.717) is 6.54 Å². The van der Waals surface area contributed by atoms with Crippen molar-refractivity contribution in [3.63, 3.8) is 0 Å². The summed E-state index contributed by atoms with van der Waals surface area (Å²) in [4.78, 5) is 11.6. The van der Waals surface area contributed by atoms with Crippen molar-refractivity contribution >= 4 is 11.8 Å². The van der Waals surface area contributed by atoms with Crippen molar-refractivity contribution in [1.29, 1.82) is 0 Å². The lowest BCUT2D eigenvalue weighted by Crippen LogP contribution is -2.45. The van der Waals surface area contributed by atoms with Crippen LogP contribution in [0.15, 0.2) is 23.3 Å². The number of pyridine rings is 1. The second kappa shape index (κ2) is 11.4. The highest BCUT2D eigenvalue weighted by Gasteiger charge is 2.23. The third-order valence-corrected chi connectivity index (χ3v) is 5.13. The van der Waals surface area contributed by atoms with Gasteiger partial charge in [-0.15, -0.1) is 0 Å². The smallest absolute Gasteiger partial charge is 0.191 e. The third-order valence-electron chi connectivity index (χ3n) is 5.13. The predicted octanol–water partition coefficient (Wildman–Crippen LogP) is 2.57. The van der Waals surface area contributed by atoms with Gasteiger partial charge in [-0.2, -0.15) is 0 Å². The molecule has 1 aliphatic carbocycles. The molecule has 29 heavy (non-hydrogen) atoms. The summed E-state index contributed by atoms with van der Waals surface area (Å²) in [5.74, 6) is 2.68. The number of hydrogen-bond donors (Lipinski definition) is 2. The second-order valence-corrected chi connectivity index (χ2v) is 8.18. The quantitative estimate of drug-likeness (QED) is 0.355. The molecule has 7 nitrogen and oxygen atoms in total. The van der Waals surface area contributed by atoms with E-state index in [2.05, 4.69) is 58.4 Å². The molecule has 7 heteroatoms. The third kappa shape index (κ3) is 7.82. The second-order valence-electron chi connectivity index (χ2n) is 8.18. The zero-order chi connectivity index (χ0) is 20.5. The Labute approximate surface area is 175 Å². The summed E-state index contributed by atoms with van der Waals surface area (Å²) in [6.07, 6.45) is 6.07. The van der Waals surface area contributed by atoms with Crippen LogP contribution in [0.5, 0.6) is 0 Å². The number of aromatic nitrogens is 1. The number of anilines is 1. The van der Waals surface area contributed by atoms with E-state index in [1.54, 1.807) is 0 Å². The Morgan fingerprint density at radius 1 is 1.24 bits per heavy atom. The highest BCUT2D eigenvalue weighted by molar-refractivity contribution is 5.79. The molecule has 2 N–H and O–H groups in total. The average Bonchev–Trinajstić information content (AvgIpc) is 3.52. The van der Waals surface area contributed by atoms with Crippen LogP contribution in [-0.4, -0.2) is 62.5 Å². The molecule has 2 fully saturated rings. The molecule has 1 aromatic rings. The first-order valence-corrected chi connectivity index (χ1v) is 11.1. The number of aliphatic imine (C=N–C) groups is 1. The van der Waals surface area contributed by atoms with Gasteiger partial charge in [-0.1, -0.05) is 6.07 Å². The van der Waals surface area contributed by atoms with Crippen LogP contribution in [-0.2, 0) is 16.0 Å². The van der Waals surface area contributed by atoms with E-state index >= 15 is 0 Å². The fraction of sp³-hybridized carbons (Fsp3) is 0.727. The van der Waals surface area contributed by atoms with Gasteiger partial charge in [-0.3, -0.25) is 0 Å². The molecule has 0 radical (unpaired) electrons.